The molecule has 0 fully saturated rings. The van der Waals surface area contributed by atoms with E-state index in [1.54, 1.807) is 0 Å². The van der Waals surface area contributed by atoms with Crippen LogP contribution < -0.4 is 10.0 Å². The first-order chi connectivity index (χ1) is 15.8. The molecule has 182 valence electrons. The van der Waals surface area contributed by atoms with E-state index in [9.17, 15) is 30.8 Å². The lowest BCUT2D eigenvalue weighted by Crippen LogP contribution is -2.24. The van der Waals surface area contributed by atoms with Crippen molar-refractivity contribution in [3.63, 3.8) is 0 Å². The average molecular weight is 498 g/mol. The number of aromatic nitrogens is 1. The minimum Gasteiger partial charge on any atom is -0.348 e. The minimum atomic E-state index is -4.62. The number of aryl methyl sites for hydroxylation is 1. The summed E-state index contributed by atoms with van der Waals surface area (Å²) in [7, 11) is -3.78. The number of amides is 1. The number of terminal acetylenes is 1. The molecule has 0 spiro atoms. The number of nitrogens with one attached hydrogen (secondary N) is 2. The Balaban J connectivity index is 2.24. The van der Waals surface area contributed by atoms with Gasteiger partial charge in [0, 0.05) is 23.4 Å². The Hall–Kier alpha value is -3.39. The van der Waals surface area contributed by atoms with Crippen LogP contribution in [-0.2, 0) is 34.0 Å². The summed E-state index contributed by atoms with van der Waals surface area (Å²) in [6.45, 7) is 5.36. The highest BCUT2D eigenvalue weighted by molar-refractivity contribution is 7.92. The van der Waals surface area contributed by atoms with Gasteiger partial charge in [0.05, 0.1) is 17.5 Å². The van der Waals surface area contributed by atoms with E-state index in [4.69, 9.17) is 6.42 Å². The van der Waals surface area contributed by atoms with Crippen LogP contribution in [0.25, 0.3) is 5.57 Å². The van der Waals surface area contributed by atoms with Gasteiger partial charge in [-0.15, -0.1) is 6.42 Å². The molecule has 2 N–H and O–H groups in total. The van der Waals surface area contributed by atoms with Crippen molar-refractivity contribution in [3.05, 3.63) is 64.7 Å². The largest absolute Gasteiger partial charge is 0.433 e. The van der Waals surface area contributed by atoms with Crippen LogP contribution in [0, 0.1) is 18.2 Å². The molecule has 0 aliphatic carbocycles. The lowest BCUT2D eigenvalue weighted by molar-refractivity contribution is -0.141. The summed E-state index contributed by atoms with van der Waals surface area (Å²) in [6.07, 6.45) is 3.08. The molecule has 0 saturated heterocycles. The molecule has 2 rings (SSSR count). The maximum Gasteiger partial charge on any atom is 0.433 e. The second kappa shape index (κ2) is 10.7. The van der Waals surface area contributed by atoms with Gasteiger partial charge in [-0.25, -0.2) is 17.8 Å². The molecule has 1 aromatic heterocycles. The van der Waals surface area contributed by atoms with Gasteiger partial charge < -0.3 is 5.32 Å². The number of carbonyl (C=O) groups is 1. The van der Waals surface area contributed by atoms with Gasteiger partial charge >= 0.3 is 6.18 Å². The first-order valence-corrected chi connectivity index (χ1v) is 12.0. The summed E-state index contributed by atoms with van der Waals surface area (Å²) in [4.78, 5) is 16.3. The van der Waals surface area contributed by atoms with Gasteiger partial charge in [0.1, 0.15) is 11.5 Å². The Bertz CT molecular complexity index is 1250. The number of benzene rings is 1. The second-order valence-corrected chi connectivity index (χ2v) is 9.22. The van der Waals surface area contributed by atoms with Crippen molar-refractivity contribution < 1.29 is 30.8 Å². The number of carbonyl (C=O) groups excluding carboxylic acids is 1. The maximum atomic E-state index is 14.4. The van der Waals surface area contributed by atoms with E-state index in [0.717, 1.165) is 24.5 Å². The van der Waals surface area contributed by atoms with Crippen molar-refractivity contribution in [2.75, 3.05) is 11.0 Å². The molecule has 0 aliphatic rings. The van der Waals surface area contributed by atoms with Crippen molar-refractivity contribution in [1.29, 1.82) is 0 Å². The normalized spacial score (nSPS) is 11.6. The Labute approximate surface area is 195 Å². The molecule has 0 atom stereocenters. The number of sulfonamides is 1. The molecular formula is C23H23F4N3O3S. The number of pyridine rings is 1. The first kappa shape index (κ1) is 26.9. The molecule has 1 aromatic carbocycles. The molecule has 1 heterocycles. The molecule has 0 unspecified atom stereocenters. The Morgan fingerprint density at radius 1 is 1.26 bits per heavy atom. The molecule has 0 radical (unpaired) electrons. The van der Waals surface area contributed by atoms with Gasteiger partial charge in [0.15, 0.2) is 0 Å². The van der Waals surface area contributed by atoms with Crippen molar-refractivity contribution in [2.24, 2.45) is 0 Å². The van der Waals surface area contributed by atoms with Gasteiger partial charge in [-0.05, 0) is 36.6 Å². The number of halogens is 4. The van der Waals surface area contributed by atoms with Gasteiger partial charge in [-0.2, -0.15) is 13.2 Å². The maximum absolute atomic E-state index is 14.4. The van der Waals surface area contributed by atoms with Crippen molar-refractivity contribution >= 4 is 27.2 Å². The molecule has 0 aliphatic heterocycles. The molecule has 34 heavy (non-hydrogen) atoms. The summed E-state index contributed by atoms with van der Waals surface area (Å²) in [5.41, 5.74) is -1.09. The van der Waals surface area contributed by atoms with E-state index in [1.165, 1.54) is 6.07 Å². The number of rotatable bonds is 9. The number of alkyl halides is 3. The second-order valence-electron chi connectivity index (χ2n) is 7.47. The molecule has 2 aromatic rings. The quantitative estimate of drug-likeness (QED) is 0.308. The van der Waals surface area contributed by atoms with Crippen molar-refractivity contribution in [2.45, 2.75) is 38.9 Å². The van der Waals surface area contributed by atoms with Crippen molar-refractivity contribution in [1.82, 2.24) is 10.3 Å². The Morgan fingerprint density at radius 2 is 1.94 bits per heavy atom. The summed E-state index contributed by atoms with van der Waals surface area (Å²) < 4.78 is 78.4. The average Bonchev–Trinajstić information content (AvgIpc) is 2.75. The number of hydrogen-bond acceptors (Lipinski definition) is 4. The van der Waals surface area contributed by atoms with Crippen LogP contribution in [0.2, 0.25) is 0 Å². The number of unbranched alkanes of at least 4 members (excludes halogenated alkanes) is 1. The zero-order valence-electron chi connectivity index (χ0n) is 18.5. The fraction of sp³-hybridized carbons (Fsp3) is 0.304. The van der Waals surface area contributed by atoms with E-state index < -0.39 is 33.6 Å². The number of hydrogen-bond donors (Lipinski definition) is 2. The third-order valence-electron chi connectivity index (χ3n) is 4.68. The van der Waals surface area contributed by atoms with Crippen LogP contribution in [0.5, 0.6) is 0 Å². The van der Waals surface area contributed by atoms with Crippen molar-refractivity contribution in [3.8, 4) is 12.3 Å². The van der Waals surface area contributed by atoms with Crippen LogP contribution in [0.4, 0.5) is 23.2 Å². The van der Waals surface area contributed by atoms with E-state index in [2.05, 4.69) is 22.8 Å². The van der Waals surface area contributed by atoms with Gasteiger partial charge in [0.2, 0.25) is 10.0 Å². The first-order valence-electron chi connectivity index (χ1n) is 10.1. The topological polar surface area (TPSA) is 88.2 Å². The fourth-order valence-electron chi connectivity index (χ4n) is 3.05. The summed E-state index contributed by atoms with van der Waals surface area (Å²) in [6, 6.07) is 4.27. The van der Waals surface area contributed by atoms with Crippen LogP contribution in [0.15, 0.2) is 30.8 Å². The van der Waals surface area contributed by atoms with E-state index in [1.807, 2.05) is 11.6 Å². The highest BCUT2D eigenvalue weighted by Gasteiger charge is 2.33. The zero-order chi connectivity index (χ0) is 25.7. The van der Waals surface area contributed by atoms with E-state index >= 15 is 0 Å². The van der Waals surface area contributed by atoms with E-state index in [0.29, 0.717) is 12.8 Å². The summed E-state index contributed by atoms with van der Waals surface area (Å²) in [5, 5.41) is 2.51. The SMILES string of the molecule is C#Cc1cc(CNC(=O)C(=C)c2ccc(C(F)(F)F)nc2CCCC)cc(F)c1NS(C)(=O)=O. The third-order valence-corrected chi connectivity index (χ3v) is 5.25. The summed E-state index contributed by atoms with van der Waals surface area (Å²) >= 11 is 0. The number of anilines is 1. The van der Waals surface area contributed by atoms with Gasteiger partial charge in [-0.3, -0.25) is 9.52 Å². The highest BCUT2D eigenvalue weighted by Crippen LogP contribution is 2.30. The summed E-state index contributed by atoms with van der Waals surface area (Å²) in [5.74, 6) is 0.556. The van der Waals surface area contributed by atoms with Crippen LogP contribution in [-0.4, -0.2) is 25.6 Å². The molecule has 1 amide bonds. The van der Waals surface area contributed by atoms with E-state index in [-0.39, 0.29) is 46.6 Å². The molecule has 0 saturated carbocycles. The standard InChI is InChI=1S/C23H23F4N3O3S/c1-5-7-8-19-17(9-10-20(29-19)23(25,26)27)14(3)22(31)28-13-15-11-16(6-2)21(18(24)12-15)30-34(4,32)33/h2,9-12,30H,3,5,7-8,13H2,1,4H3,(H,28,31). The Morgan fingerprint density at radius 3 is 2.50 bits per heavy atom. The lowest BCUT2D eigenvalue weighted by atomic mass is 10.0. The third kappa shape index (κ3) is 7.05. The smallest absolute Gasteiger partial charge is 0.348 e. The Kier molecular flexibility index (Phi) is 8.45. The minimum absolute atomic E-state index is 0.0673. The lowest BCUT2D eigenvalue weighted by Gasteiger charge is -2.15. The van der Waals surface area contributed by atoms with Gasteiger partial charge in [0.25, 0.3) is 5.91 Å². The predicted octanol–water partition coefficient (Wildman–Crippen LogP) is 4.26. The van der Waals surface area contributed by atoms with Crippen LogP contribution in [0.1, 0.15) is 47.8 Å². The van der Waals surface area contributed by atoms with Crippen LogP contribution >= 0.6 is 0 Å². The zero-order valence-corrected chi connectivity index (χ0v) is 19.3. The monoisotopic (exact) mass is 497 g/mol. The molecule has 11 heteroatoms. The molecule has 6 nitrogen and oxygen atoms in total. The number of nitrogens with zero attached hydrogens (tertiary/aromatic N) is 1. The highest BCUT2D eigenvalue weighted by atomic mass is 32.2. The van der Waals surface area contributed by atoms with Gasteiger partial charge in [-0.1, -0.05) is 31.9 Å². The van der Waals surface area contributed by atoms with Crippen LogP contribution in [0.3, 0.4) is 0 Å². The molecule has 0 bridgehead atoms. The molecular weight excluding hydrogens is 474 g/mol. The fourth-order valence-corrected chi connectivity index (χ4v) is 3.63. The predicted molar refractivity (Wildman–Crippen MR) is 122 cm³/mol.